The van der Waals surface area contributed by atoms with Crippen molar-refractivity contribution >= 4 is 11.9 Å². The van der Waals surface area contributed by atoms with Gasteiger partial charge in [0.1, 0.15) is 5.76 Å². The van der Waals surface area contributed by atoms with Crippen LogP contribution < -0.4 is 0 Å². The molecule has 0 amide bonds. The van der Waals surface area contributed by atoms with E-state index in [-0.39, 0.29) is 29.2 Å². The summed E-state index contributed by atoms with van der Waals surface area (Å²) in [5.41, 5.74) is -1.24. The number of carbonyl (C=O) groups is 2. The standard InChI is InChI=1S/C26H40O4/c1-6-7-8-13-17-25(4,5)26(30-21(3)28)18-16-23(24(19-26)29-20(2)27)22-14-11-9-10-12-15-22/h11,14,16,18-19,22-23H,6-10,12-13,15,17H2,1-5H3. The van der Waals surface area contributed by atoms with Gasteiger partial charge in [-0.1, -0.05) is 71.1 Å². The quantitative estimate of drug-likeness (QED) is 0.239. The Morgan fingerprint density at radius 2 is 1.87 bits per heavy atom. The summed E-state index contributed by atoms with van der Waals surface area (Å²) >= 11 is 0. The molecular formula is C26H40O4. The highest BCUT2D eigenvalue weighted by molar-refractivity contribution is 5.69. The summed E-state index contributed by atoms with van der Waals surface area (Å²) in [5.74, 6) is 0.230. The largest absolute Gasteiger partial charge is 0.450 e. The fourth-order valence-corrected chi connectivity index (χ4v) is 4.67. The second-order valence-electron chi connectivity index (χ2n) is 9.48. The average molecular weight is 417 g/mol. The second-order valence-corrected chi connectivity index (χ2v) is 9.48. The molecule has 4 nitrogen and oxygen atoms in total. The molecule has 0 aromatic carbocycles. The van der Waals surface area contributed by atoms with Gasteiger partial charge in [-0.25, -0.2) is 0 Å². The Kier molecular flexibility index (Phi) is 8.93. The van der Waals surface area contributed by atoms with Crippen molar-refractivity contribution in [3.8, 4) is 0 Å². The van der Waals surface area contributed by atoms with E-state index in [0.717, 1.165) is 38.5 Å². The van der Waals surface area contributed by atoms with Crippen LogP contribution in [0.2, 0.25) is 0 Å². The maximum absolute atomic E-state index is 12.1. The molecule has 0 aromatic heterocycles. The third kappa shape index (κ3) is 6.33. The van der Waals surface area contributed by atoms with Crippen LogP contribution in [0.5, 0.6) is 0 Å². The first-order valence-electron chi connectivity index (χ1n) is 11.7. The molecule has 0 N–H and O–H groups in total. The van der Waals surface area contributed by atoms with Crippen LogP contribution in [0, 0.1) is 17.3 Å². The molecule has 0 saturated heterocycles. The molecule has 0 radical (unpaired) electrons. The van der Waals surface area contributed by atoms with Gasteiger partial charge in [0.2, 0.25) is 0 Å². The first-order chi connectivity index (χ1) is 14.2. The molecule has 2 aliphatic carbocycles. The minimum absolute atomic E-state index is 0.0113. The topological polar surface area (TPSA) is 52.6 Å². The summed E-state index contributed by atoms with van der Waals surface area (Å²) in [7, 11) is 0. The zero-order chi connectivity index (χ0) is 22.2. The summed E-state index contributed by atoms with van der Waals surface area (Å²) < 4.78 is 11.7. The van der Waals surface area contributed by atoms with Crippen molar-refractivity contribution in [2.75, 3.05) is 0 Å². The van der Waals surface area contributed by atoms with Crippen molar-refractivity contribution in [2.45, 2.75) is 98.0 Å². The maximum atomic E-state index is 12.1. The third-order valence-corrected chi connectivity index (χ3v) is 6.53. The number of hydrogen-bond acceptors (Lipinski definition) is 4. The van der Waals surface area contributed by atoms with Crippen LogP contribution in [0.3, 0.4) is 0 Å². The van der Waals surface area contributed by atoms with E-state index in [1.807, 2.05) is 12.2 Å². The normalized spacial score (nSPS) is 26.6. The number of esters is 2. The van der Waals surface area contributed by atoms with Gasteiger partial charge in [0.15, 0.2) is 5.60 Å². The van der Waals surface area contributed by atoms with Crippen molar-refractivity contribution in [1.82, 2.24) is 0 Å². The van der Waals surface area contributed by atoms with Crippen LogP contribution >= 0.6 is 0 Å². The van der Waals surface area contributed by atoms with Gasteiger partial charge in [-0.3, -0.25) is 9.59 Å². The first kappa shape index (κ1) is 24.4. The van der Waals surface area contributed by atoms with E-state index in [9.17, 15) is 9.59 Å². The molecule has 0 saturated carbocycles. The molecule has 168 valence electrons. The van der Waals surface area contributed by atoms with E-state index in [1.165, 1.54) is 33.1 Å². The fraction of sp³-hybridized carbons (Fsp3) is 0.692. The van der Waals surface area contributed by atoms with Crippen molar-refractivity contribution < 1.29 is 19.1 Å². The second kappa shape index (κ2) is 11.0. The Bertz CT molecular complexity index is 685. The fourth-order valence-electron chi connectivity index (χ4n) is 4.67. The minimum Gasteiger partial charge on any atom is -0.450 e. The Balaban J connectivity index is 2.39. The Hall–Kier alpha value is -1.84. The molecule has 0 heterocycles. The highest BCUT2D eigenvalue weighted by Gasteiger charge is 2.47. The zero-order valence-corrected chi connectivity index (χ0v) is 19.5. The van der Waals surface area contributed by atoms with E-state index >= 15 is 0 Å². The lowest BCUT2D eigenvalue weighted by atomic mass is 9.67. The molecule has 2 aliphatic rings. The molecule has 2 rings (SSSR count). The Labute approximate surface area is 182 Å². The van der Waals surface area contributed by atoms with Crippen molar-refractivity contribution in [2.24, 2.45) is 17.3 Å². The van der Waals surface area contributed by atoms with Crippen LogP contribution in [-0.4, -0.2) is 17.5 Å². The maximum Gasteiger partial charge on any atom is 0.307 e. The molecular weight excluding hydrogens is 376 g/mol. The molecule has 0 aromatic rings. The lowest BCUT2D eigenvalue weighted by molar-refractivity contribution is -0.158. The van der Waals surface area contributed by atoms with Crippen LogP contribution in [0.4, 0.5) is 0 Å². The number of allylic oxidation sites excluding steroid dienone is 3. The van der Waals surface area contributed by atoms with Gasteiger partial charge in [0, 0.05) is 31.3 Å². The predicted octanol–water partition coefficient (Wildman–Crippen LogP) is 6.66. The molecule has 0 aliphatic heterocycles. The van der Waals surface area contributed by atoms with Crippen molar-refractivity contribution in [3.63, 3.8) is 0 Å². The van der Waals surface area contributed by atoms with Crippen LogP contribution in [0.1, 0.15) is 92.4 Å². The van der Waals surface area contributed by atoms with Gasteiger partial charge in [0.25, 0.3) is 0 Å². The summed E-state index contributed by atoms with van der Waals surface area (Å²) in [5, 5.41) is 0. The molecule has 0 fully saturated rings. The number of hydrogen-bond donors (Lipinski definition) is 0. The molecule has 0 spiro atoms. The Morgan fingerprint density at radius 1 is 1.10 bits per heavy atom. The van der Waals surface area contributed by atoms with Gasteiger partial charge in [-0.2, -0.15) is 0 Å². The molecule has 30 heavy (non-hydrogen) atoms. The molecule has 4 heteroatoms. The molecule has 3 unspecified atom stereocenters. The third-order valence-electron chi connectivity index (χ3n) is 6.53. The van der Waals surface area contributed by atoms with Gasteiger partial charge >= 0.3 is 11.9 Å². The number of unbranched alkanes of at least 4 members (excludes halogenated alkanes) is 3. The van der Waals surface area contributed by atoms with Crippen LogP contribution in [-0.2, 0) is 19.1 Å². The molecule has 0 bridgehead atoms. The summed E-state index contributed by atoms with van der Waals surface area (Å²) in [6.07, 6.45) is 20.6. The van der Waals surface area contributed by atoms with Crippen molar-refractivity contribution in [3.05, 3.63) is 36.1 Å². The monoisotopic (exact) mass is 416 g/mol. The predicted molar refractivity (Wildman–Crippen MR) is 121 cm³/mol. The minimum atomic E-state index is -0.916. The highest BCUT2D eigenvalue weighted by Crippen LogP contribution is 2.47. The average Bonchev–Trinajstić information content (AvgIpc) is 2.94. The van der Waals surface area contributed by atoms with Gasteiger partial charge in [-0.05, 0) is 37.7 Å². The summed E-state index contributed by atoms with van der Waals surface area (Å²) in [6.45, 7) is 9.36. The van der Waals surface area contributed by atoms with Gasteiger partial charge < -0.3 is 9.47 Å². The zero-order valence-electron chi connectivity index (χ0n) is 19.5. The Morgan fingerprint density at radius 3 is 2.53 bits per heavy atom. The highest BCUT2D eigenvalue weighted by atomic mass is 16.6. The van der Waals surface area contributed by atoms with E-state index < -0.39 is 5.60 Å². The number of carbonyl (C=O) groups excluding carboxylic acids is 2. The van der Waals surface area contributed by atoms with E-state index in [4.69, 9.17) is 9.47 Å². The van der Waals surface area contributed by atoms with E-state index in [1.54, 1.807) is 0 Å². The SMILES string of the molecule is CCCCCCC(C)(C)C1(OC(C)=O)C=CC(C2C=CCCCC2)C(OC(C)=O)=C1. The summed E-state index contributed by atoms with van der Waals surface area (Å²) in [6, 6.07) is 0. The van der Waals surface area contributed by atoms with Crippen molar-refractivity contribution in [1.29, 1.82) is 0 Å². The van der Waals surface area contributed by atoms with E-state index in [0.29, 0.717) is 5.76 Å². The van der Waals surface area contributed by atoms with Crippen LogP contribution in [0.15, 0.2) is 36.1 Å². The van der Waals surface area contributed by atoms with Crippen LogP contribution in [0.25, 0.3) is 0 Å². The lowest BCUT2D eigenvalue weighted by Crippen LogP contribution is -2.47. The lowest BCUT2D eigenvalue weighted by Gasteiger charge is -2.45. The molecule has 3 atom stereocenters. The van der Waals surface area contributed by atoms with E-state index in [2.05, 4.69) is 39.0 Å². The smallest absolute Gasteiger partial charge is 0.307 e. The first-order valence-corrected chi connectivity index (χ1v) is 11.7. The summed E-state index contributed by atoms with van der Waals surface area (Å²) in [4.78, 5) is 24.0. The number of ether oxygens (including phenoxy) is 2. The van der Waals surface area contributed by atoms with Gasteiger partial charge in [-0.15, -0.1) is 0 Å². The number of rotatable bonds is 9. The van der Waals surface area contributed by atoms with Gasteiger partial charge in [0.05, 0.1) is 0 Å².